The zero-order chi connectivity index (χ0) is 26.1. The number of para-hydroxylation sites is 1. The van der Waals surface area contributed by atoms with Crippen molar-refractivity contribution < 1.29 is 35.2 Å². The topological polar surface area (TPSA) is 99.9 Å². The van der Waals surface area contributed by atoms with Crippen molar-refractivity contribution in [3.63, 3.8) is 0 Å². The van der Waals surface area contributed by atoms with E-state index >= 15 is 4.39 Å². The summed E-state index contributed by atoms with van der Waals surface area (Å²) in [7, 11) is -4.12. The molecule has 0 spiro atoms. The number of benzene rings is 2. The van der Waals surface area contributed by atoms with E-state index in [-0.39, 0.29) is 49.8 Å². The number of anilines is 1. The van der Waals surface area contributed by atoms with Crippen LogP contribution in [0.15, 0.2) is 52.9 Å². The molecule has 192 valence electrons. The van der Waals surface area contributed by atoms with Crippen molar-refractivity contribution in [2.75, 3.05) is 30.5 Å². The molecule has 1 fully saturated rings. The SMILES string of the molecule is CC(=O)N1CCN(S(=O)(=O)N(Cc2ccc(-c3nnc(C(F)(F)F)o3)cc2F)c2ccccc2)CC1. The second kappa shape index (κ2) is 9.85. The molecule has 0 saturated carbocycles. The van der Waals surface area contributed by atoms with E-state index in [4.69, 9.17) is 0 Å². The molecule has 1 aromatic heterocycles. The number of hydrogen-bond donors (Lipinski definition) is 0. The monoisotopic (exact) mass is 527 g/mol. The third-order valence-electron chi connectivity index (χ3n) is 5.61. The van der Waals surface area contributed by atoms with Gasteiger partial charge in [-0.1, -0.05) is 24.3 Å². The van der Waals surface area contributed by atoms with Crippen molar-refractivity contribution in [3.05, 3.63) is 65.8 Å². The number of aromatic nitrogens is 2. The molecular formula is C22H21F4N5O4S. The first-order chi connectivity index (χ1) is 17.0. The van der Waals surface area contributed by atoms with Crippen molar-refractivity contribution in [1.29, 1.82) is 0 Å². The van der Waals surface area contributed by atoms with E-state index in [0.717, 1.165) is 10.4 Å². The summed E-state index contributed by atoms with van der Waals surface area (Å²) in [5.74, 6) is -3.11. The summed E-state index contributed by atoms with van der Waals surface area (Å²) >= 11 is 0. The van der Waals surface area contributed by atoms with Crippen LogP contribution in [0.3, 0.4) is 0 Å². The molecule has 0 N–H and O–H groups in total. The highest BCUT2D eigenvalue weighted by molar-refractivity contribution is 7.90. The fourth-order valence-electron chi connectivity index (χ4n) is 3.69. The molecule has 1 aliphatic heterocycles. The van der Waals surface area contributed by atoms with Gasteiger partial charge < -0.3 is 9.32 Å². The predicted octanol–water partition coefficient (Wildman–Crippen LogP) is 3.31. The van der Waals surface area contributed by atoms with Crippen LogP contribution in [0.2, 0.25) is 0 Å². The Labute approximate surface area is 204 Å². The lowest BCUT2D eigenvalue weighted by Crippen LogP contribution is -2.53. The molecule has 0 radical (unpaired) electrons. The number of amides is 1. The molecule has 4 rings (SSSR count). The Morgan fingerprint density at radius 3 is 2.28 bits per heavy atom. The van der Waals surface area contributed by atoms with Gasteiger partial charge in [-0.2, -0.15) is 25.9 Å². The van der Waals surface area contributed by atoms with Crippen molar-refractivity contribution in [2.45, 2.75) is 19.6 Å². The Morgan fingerprint density at radius 2 is 1.72 bits per heavy atom. The van der Waals surface area contributed by atoms with Gasteiger partial charge in [0.2, 0.25) is 11.8 Å². The average Bonchev–Trinajstić information content (AvgIpc) is 3.35. The molecule has 1 amide bonds. The summed E-state index contributed by atoms with van der Waals surface area (Å²) in [5.41, 5.74) is 0.180. The van der Waals surface area contributed by atoms with Gasteiger partial charge in [-0.15, -0.1) is 10.2 Å². The van der Waals surface area contributed by atoms with Crippen LogP contribution in [-0.2, 0) is 27.7 Å². The molecule has 36 heavy (non-hydrogen) atoms. The van der Waals surface area contributed by atoms with E-state index in [1.165, 1.54) is 23.4 Å². The molecule has 3 aromatic rings. The lowest BCUT2D eigenvalue weighted by Gasteiger charge is -2.37. The van der Waals surface area contributed by atoms with Gasteiger partial charge >= 0.3 is 22.3 Å². The van der Waals surface area contributed by atoms with Gasteiger partial charge in [-0.05, 0) is 24.3 Å². The summed E-state index contributed by atoms with van der Waals surface area (Å²) in [6.45, 7) is 1.62. The van der Waals surface area contributed by atoms with Crippen molar-refractivity contribution in [3.8, 4) is 11.5 Å². The summed E-state index contributed by atoms with van der Waals surface area (Å²) < 4.78 is 87.2. The first kappa shape index (κ1) is 25.6. The van der Waals surface area contributed by atoms with Crippen molar-refractivity contribution >= 4 is 21.8 Å². The molecule has 1 aliphatic rings. The lowest BCUT2D eigenvalue weighted by molar-refractivity contribution is -0.157. The molecule has 0 aliphatic carbocycles. The summed E-state index contributed by atoms with van der Waals surface area (Å²) in [5, 5.41) is 6.23. The summed E-state index contributed by atoms with van der Waals surface area (Å²) in [6.07, 6.45) is -4.84. The van der Waals surface area contributed by atoms with E-state index < -0.39 is 34.0 Å². The molecule has 9 nitrogen and oxygen atoms in total. The average molecular weight is 528 g/mol. The third-order valence-corrected chi connectivity index (χ3v) is 7.53. The quantitative estimate of drug-likeness (QED) is 0.456. The van der Waals surface area contributed by atoms with E-state index in [1.54, 1.807) is 35.2 Å². The minimum atomic E-state index is -4.84. The van der Waals surface area contributed by atoms with E-state index in [9.17, 15) is 26.4 Å². The van der Waals surface area contributed by atoms with E-state index in [1.807, 2.05) is 0 Å². The number of hydrogen-bond acceptors (Lipinski definition) is 6. The molecular weight excluding hydrogens is 506 g/mol. The van der Waals surface area contributed by atoms with Gasteiger partial charge in [-0.25, -0.2) is 4.39 Å². The van der Waals surface area contributed by atoms with E-state index in [0.29, 0.717) is 5.69 Å². The maximum atomic E-state index is 15.0. The summed E-state index contributed by atoms with van der Waals surface area (Å²) in [6, 6.07) is 11.5. The van der Waals surface area contributed by atoms with Gasteiger partial charge in [0, 0.05) is 44.2 Å². The first-order valence-corrected chi connectivity index (χ1v) is 12.1. The Kier molecular flexibility index (Phi) is 7.00. The van der Waals surface area contributed by atoms with Crippen LogP contribution < -0.4 is 4.31 Å². The minimum Gasteiger partial charge on any atom is -0.413 e. The Morgan fingerprint density at radius 1 is 1.06 bits per heavy atom. The lowest BCUT2D eigenvalue weighted by atomic mass is 10.1. The zero-order valence-corrected chi connectivity index (χ0v) is 19.8. The van der Waals surface area contributed by atoms with Crippen LogP contribution in [0.5, 0.6) is 0 Å². The Bertz CT molecular complexity index is 1340. The molecule has 2 aromatic carbocycles. The van der Waals surface area contributed by atoms with Crippen LogP contribution >= 0.6 is 0 Å². The second-order valence-electron chi connectivity index (χ2n) is 7.97. The molecule has 2 heterocycles. The highest BCUT2D eigenvalue weighted by Crippen LogP contribution is 2.31. The van der Waals surface area contributed by atoms with Crippen LogP contribution in [0, 0.1) is 5.82 Å². The normalized spacial score (nSPS) is 15.2. The largest absolute Gasteiger partial charge is 0.470 e. The number of piperazine rings is 1. The minimum absolute atomic E-state index is 0.0240. The number of carbonyl (C=O) groups excluding carboxylic acids is 1. The van der Waals surface area contributed by atoms with Crippen LogP contribution in [-0.4, -0.2) is 59.9 Å². The van der Waals surface area contributed by atoms with Crippen LogP contribution in [0.1, 0.15) is 18.4 Å². The fraction of sp³-hybridized carbons (Fsp3) is 0.318. The highest BCUT2D eigenvalue weighted by atomic mass is 32.2. The molecule has 0 atom stereocenters. The van der Waals surface area contributed by atoms with Gasteiger partial charge in [0.1, 0.15) is 5.82 Å². The number of carbonyl (C=O) groups is 1. The zero-order valence-electron chi connectivity index (χ0n) is 18.9. The van der Waals surface area contributed by atoms with Gasteiger partial charge in [0.05, 0.1) is 12.2 Å². The molecule has 14 heteroatoms. The molecule has 0 unspecified atom stereocenters. The Balaban J connectivity index is 1.62. The maximum Gasteiger partial charge on any atom is 0.470 e. The van der Waals surface area contributed by atoms with Gasteiger partial charge in [0.15, 0.2) is 0 Å². The van der Waals surface area contributed by atoms with E-state index in [2.05, 4.69) is 14.6 Å². The van der Waals surface area contributed by atoms with Gasteiger partial charge in [0.25, 0.3) is 0 Å². The first-order valence-electron chi connectivity index (χ1n) is 10.7. The third kappa shape index (κ3) is 5.33. The summed E-state index contributed by atoms with van der Waals surface area (Å²) in [4.78, 5) is 13.1. The van der Waals surface area contributed by atoms with Crippen LogP contribution in [0.25, 0.3) is 11.5 Å². The molecule has 1 saturated heterocycles. The standard InChI is InChI=1S/C22H21F4N5O4S/c1-15(32)29-9-11-30(12-10-29)36(33,34)31(18-5-3-2-4-6-18)14-17-8-7-16(13-19(17)23)20-27-28-21(35-20)22(24,25)26/h2-8,13H,9-12,14H2,1H3. The second-order valence-corrected chi connectivity index (χ2v) is 9.82. The number of nitrogens with zero attached hydrogens (tertiary/aromatic N) is 5. The molecule has 0 bridgehead atoms. The van der Waals surface area contributed by atoms with Crippen LogP contribution in [0.4, 0.5) is 23.2 Å². The smallest absolute Gasteiger partial charge is 0.413 e. The number of halogens is 4. The highest BCUT2D eigenvalue weighted by Gasteiger charge is 2.38. The van der Waals surface area contributed by atoms with Crippen molar-refractivity contribution in [2.24, 2.45) is 0 Å². The number of rotatable bonds is 6. The van der Waals surface area contributed by atoms with Crippen molar-refractivity contribution in [1.82, 2.24) is 19.4 Å². The number of alkyl halides is 3. The maximum absolute atomic E-state index is 15.0. The van der Waals surface area contributed by atoms with Gasteiger partial charge in [-0.3, -0.25) is 9.10 Å². The Hall–Kier alpha value is -3.52. The predicted molar refractivity (Wildman–Crippen MR) is 120 cm³/mol. The fourth-order valence-corrected chi connectivity index (χ4v) is 5.29.